The highest BCUT2D eigenvalue weighted by Crippen LogP contribution is 2.03. The first-order valence-corrected chi connectivity index (χ1v) is 20.7. The van der Waals surface area contributed by atoms with E-state index in [1.165, 1.54) is 9.00 Å². The molecule has 0 aliphatic carbocycles. The van der Waals surface area contributed by atoms with Crippen LogP contribution in [0.25, 0.3) is 0 Å². The fourth-order valence-corrected chi connectivity index (χ4v) is 0. The zero-order chi connectivity index (χ0) is 15.6. The highest BCUT2D eigenvalue weighted by Gasteiger charge is 2.09. The molecule has 0 bridgehead atoms. The van der Waals surface area contributed by atoms with Crippen LogP contribution in [0.1, 0.15) is 0 Å². The lowest BCUT2D eigenvalue weighted by Gasteiger charge is -2.08. The average Bonchev–Trinajstić information content (AvgIpc) is 2.16. The van der Waals surface area contributed by atoms with Gasteiger partial charge in [0.2, 0.25) is 0 Å². The first kappa shape index (κ1) is 25.1. The third-order valence-corrected chi connectivity index (χ3v) is 17.9. The van der Waals surface area contributed by atoms with E-state index in [1.54, 1.807) is 0 Å². The third-order valence-electron chi connectivity index (χ3n) is 1.20. The Morgan fingerprint density at radius 1 is 0.778 bits per heavy atom. The van der Waals surface area contributed by atoms with Crippen molar-refractivity contribution in [3.8, 4) is 0 Å². The molecule has 0 saturated carbocycles. The van der Waals surface area contributed by atoms with Crippen molar-refractivity contribution >= 4 is 74.3 Å². The normalized spacial score (nSPS) is 12.0. The fraction of sp³-hybridized carbons (Fsp3) is 1.00. The van der Waals surface area contributed by atoms with Crippen LogP contribution in [0.2, 0.25) is 58.9 Å². The monoisotopic (exact) mass is 502 g/mol. The Morgan fingerprint density at radius 3 is 0.944 bits per heavy atom. The molecule has 0 heterocycles. The molecule has 0 N–H and O–H groups in total. The van der Waals surface area contributed by atoms with Gasteiger partial charge < -0.3 is 0 Å². The van der Waals surface area contributed by atoms with Crippen molar-refractivity contribution in [2.75, 3.05) is 14.5 Å². The summed E-state index contributed by atoms with van der Waals surface area (Å²) in [5, 5.41) is 0. The number of alkyl halides is 3. The van der Waals surface area contributed by atoms with E-state index in [0.29, 0.717) is 0 Å². The first-order valence-electron chi connectivity index (χ1n) is 6.36. The smallest absolute Gasteiger partial charge is 0.0609 e. The van der Waals surface area contributed by atoms with Gasteiger partial charge in [0, 0.05) is 5.50 Å². The molecular formula is C12H33BrClISi3. The lowest BCUT2D eigenvalue weighted by Crippen LogP contribution is -2.21. The molecule has 0 aromatic rings. The summed E-state index contributed by atoms with van der Waals surface area (Å²) in [7, 11) is -2.22. The molecule has 0 aliphatic heterocycles. The van der Waals surface area contributed by atoms with Crippen LogP contribution in [-0.4, -0.2) is 38.7 Å². The zero-order valence-corrected chi connectivity index (χ0v) is 21.3. The van der Waals surface area contributed by atoms with Crippen molar-refractivity contribution < 1.29 is 0 Å². The summed E-state index contributed by atoms with van der Waals surface area (Å²) < 4.78 is 1.38. The van der Waals surface area contributed by atoms with Gasteiger partial charge in [-0.15, -0.1) is 11.6 Å². The molecule has 0 saturated heterocycles. The minimum Gasteiger partial charge on any atom is -0.130 e. The van der Waals surface area contributed by atoms with Gasteiger partial charge in [-0.25, -0.2) is 0 Å². The standard InChI is InChI=1S/C4H11BrSi.C4H11ClSi.C4H11ISi/c3*1-6(2,3)4-5/h3*4H2,1-3H3. The molecule has 0 nitrogen and oxygen atoms in total. The molecule has 0 amide bonds. The second kappa shape index (κ2) is 11.8. The van der Waals surface area contributed by atoms with Crippen molar-refractivity contribution in [2.24, 2.45) is 0 Å². The lowest BCUT2D eigenvalue weighted by molar-refractivity contribution is 1.67. The highest BCUT2D eigenvalue weighted by molar-refractivity contribution is 14.1. The van der Waals surface area contributed by atoms with Crippen molar-refractivity contribution in [1.82, 2.24) is 0 Å². The summed E-state index contributed by atoms with van der Waals surface area (Å²) in [6.07, 6.45) is 0. The fourth-order valence-electron chi connectivity index (χ4n) is 0. The van der Waals surface area contributed by atoms with E-state index in [1.807, 2.05) is 0 Å². The van der Waals surface area contributed by atoms with Gasteiger partial charge in [-0.2, -0.15) is 0 Å². The Bertz CT molecular complexity index is 150. The number of hydrogen-bond donors (Lipinski definition) is 0. The zero-order valence-electron chi connectivity index (χ0n) is 13.8. The van der Waals surface area contributed by atoms with Crippen LogP contribution >= 0.6 is 50.1 Å². The summed E-state index contributed by atoms with van der Waals surface area (Å²) in [5.41, 5.74) is 0.882. The van der Waals surface area contributed by atoms with Crippen LogP contribution < -0.4 is 0 Å². The average molecular weight is 504 g/mol. The van der Waals surface area contributed by atoms with E-state index in [4.69, 9.17) is 11.6 Å². The van der Waals surface area contributed by atoms with Crippen LogP contribution in [0.4, 0.5) is 0 Å². The van der Waals surface area contributed by atoms with Gasteiger partial charge in [-0.1, -0.05) is 97.4 Å². The van der Waals surface area contributed by atoms with E-state index in [2.05, 4.69) is 97.4 Å². The second-order valence-electron chi connectivity index (χ2n) is 8.08. The Morgan fingerprint density at radius 2 is 0.944 bits per heavy atom. The molecule has 0 atom stereocenters. The van der Waals surface area contributed by atoms with Crippen molar-refractivity contribution in [2.45, 2.75) is 58.9 Å². The topological polar surface area (TPSA) is 0 Å². The summed E-state index contributed by atoms with van der Waals surface area (Å²) in [4.78, 5) is 1.22. The number of rotatable bonds is 3. The Balaban J connectivity index is -0.000000187. The maximum absolute atomic E-state index is 5.54. The van der Waals surface area contributed by atoms with Crippen molar-refractivity contribution in [3.63, 3.8) is 0 Å². The molecule has 0 fully saturated rings. The summed E-state index contributed by atoms with van der Waals surface area (Å²) in [6.45, 7) is 20.9. The molecule has 0 spiro atoms. The van der Waals surface area contributed by atoms with Crippen LogP contribution in [-0.2, 0) is 0 Å². The second-order valence-corrected chi connectivity index (χ2v) is 29.0. The maximum Gasteiger partial charge on any atom is 0.0609 e. The van der Waals surface area contributed by atoms with Crippen LogP contribution in [0.15, 0.2) is 0 Å². The largest absolute Gasteiger partial charge is 0.130 e. The third kappa shape index (κ3) is 42.9. The van der Waals surface area contributed by atoms with E-state index in [0.717, 1.165) is 5.50 Å². The molecule has 18 heavy (non-hydrogen) atoms. The van der Waals surface area contributed by atoms with Gasteiger partial charge >= 0.3 is 0 Å². The van der Waals surface area contributed by atoms with Crippen molar-refractivity contribution in [1.29, 1.82) is 0 Å². The molecule has 0 aromatic carbocycles. The lowest BCUT2D eigenvalue weighted by atomic mass is 11.8. The summed E-state index contributed by atoms with van der Waals surface area (Å²) in [6, 6.07) is 0. The number of hydrogen-bond acceptors (Lipinski definition) is 0. The van der Waals surface area contributed by atoms with Crippen molar-refractivity contribution in [3.05, 3.63) is 0 Å². The van der Waals surface area contributed by atoms with Gasteiger partial charge in [-0.05, 0) is 9.00 Å². The molecule has 0 aliphatic rings. The van der Waals surface area contributed by atoms with Crippen LogP contribution in [0, 0.1) is 0 Å². The van der Waals surface area contributed by atoms with Gasteiger partial charge in [0.25, 0.3) is 0 Å². The predicted molar refractivity (Wildman–Crippen MR) is 113 cm³/mol. The van der Waals surface area contributed by atoms with Gasteiger partial charge in [0.05, 0.1) is 24.2 Å². The Kier molecular flexibility index (Phi) is 16.4. The predicted octanol–water partition coefficient (Wildman–Crippen LogP) is 6.66. The van der Waals surface area contributed by atoms with Crippen LogP contribution in [0.5, 0.6) is 0 Å². The van der Waals surface area contributed by atoms with E-state index >= 15 is 0 Å². The minimum atomic E-state index is -0.866. The molecule has 0 unspecified atom stereocenters. The molecule has 114 valence electrons. The summed E-state index contributed by atoms with van der Waals surface area (Å²) >= 11 is 11.4. The van der Waals surface area contributed by atoms with E-state index in [-0.39, 0.29) is 0 Å². The highest BCUT2D eigenvalue weighted by atomic mass is 127. The van der Waals surface area contributed by atoms with E-state index < -0.39 is 24.2 Å². The van der Waals surface area contributed by atoms with E-state index in [9.17, 15) is 0 Å². The molecular weight excluding hydrogens is 471 g/mol. The quantitative estimate of drug-likeness (QED) is 0.229. The van der Waals surface area contributed by atoms with Crippen LogP contribution in [0.3, 0.4) is 0 Å². The minimum absolute atomic E-state index is 0.645. The van der Waals surface area contributed by atoms with Gasteiger partial charge in [-0.3, -0.25) is 0 Å². The molecule has 0 rings (SSSR count). The summed E-state index contributed by atoms with van der Waals surface area (Å²) in [5.74, 6) is 0. The number of halogens is 3. The van der Waals surface area contributed by atoms with Gasteiger partial charge in [0.15, 0.2) is 0 Å². The Labute approximate surface area is 146 Å². The first-order chi connectivity index (χ1) is 7.68. The molecule has 6 heteroatoms. The molecule has 0 aromatic heterocycles. The maximum atomic E-state index is 5.54. The Hall–Kier alpha value is 2.15. The van der Waals surface area contributed by atoms with Gasteiger partial charge in [0.1, 0.15) is 0 Å². The molecule has 0 radical (unpaired) electrons. The SMILES string of the molecule is C[Si](C)(C)CBr.C[Si](C)(C)CCl.C[Si](C)(C)CI.